The Bertz CT molecular complexity index is 428. The molecule has 1 aliphatic carbocycles. The maximum absolute atomic E-state index is 13.0. The molecule has 1 N–H and O–H groups in total. The molecule has 0 spiro atoms. The summed E-state index contributed by atoms with van der Waals surface area (Å²) in [6, 6.07) is 4.75. The maximum Gasteiger partial charge on any atom is 0.306 e. The van der Waals surface area contributed by atoms with Crippen molar-refractivity contribution in [3.8, 4) is 0 Å². The van der Waals surface area contributed by atoms with Gasteiger partial charge in [-0.25, -0.2) is 4.39 Å². The smallest absolute Gasteiger partial charge is 0.306 e. The van der Waals surface area contributed by atoms with Gasteiger partial charge in [0.1, 0.15) is 5.82 Å². The highest BCUT2D eigenvalue weighted by Crippen LogP contribution is 2.34. The molecule has 1 fully saturated rings. The summed E-state index contributed by atoms with van der Waals surface area (Å²) in [5, 5.41) is 9.12. The minimum Gasteiger partial charge on any atom is -0.481 e. The van der Waals surface area contributed by atoms with Gasteiger partial charge in [-0.3, -0.25) is 4.79 Å². The third-order valence-electron chi connectivity index (χ3n) is 3.76. The molecule has 0 radical (unpaired) electrons. The lowest BCUT2D eigenvalue weighted by molar-refractivity contribution is -0.142. The van der Waals surface area contributed by atoms with Crippen LogP contribution in [-0.4, -0.2) is 11.1 Å². The fourth-order valence-corrected chi connectivity index (χ4v) is 2.78. The highest BCUT2D eigenvalue weighted by molar-refractivity contribution is 5.70. The number of benzene rings is 1. The first-order valence-electron chi connectivity index (χ1n) is 6.06. The van der Waals surface area contributed by atoms with Gasteiger partial charge in [-0.1, -0.05) is 12.5 Å². The van der Waals surface area contributed by atoms with Crippen molar-refractivity contribution in [2.75, 3.05) is 0 Å². The molecule has 2 rings (SSSR count). The summed E-state index contributed by atoms with van der Waals surface area (Å²) in [6.45, 7) is 1.88. The lowest BCUT2D eigenvalue weighted by Gasteiger charge is -2.16. The van der Waals surface area contributed by atoms with Gasteiger partial charge in [0.15, 0.2) is 0 Å². The van der Waals surface area contributed by atoms with Gasteiger partial charge in [0.25, 0.3) is 0 Å². The molecule has 0 aromatic heterocycles. The number of aliphatic carboxylic acids is 1. The molecule has 0 aliphatic heterocycles. The lowest BCUT2D eigenvalue weighted by atomic mass is 9.88. The Kier molecular flexibility index (Phi) is 3.46. The quantitative estimate of drug-likeness (QED) is 0.875. The van der Waals surface area contributed by atoms with Gasteiger partial charge in [-0.05, 0) is 55.4 Å². The molecule has 3 heteroatoms. The molecule has 1 aromatic carbocycles. The number of hydrogen-bond donors (Lipinski definition) is 1. The minimum atomic E-state index is -0.688. The Morgan fingerprint density at radius 2 is 2.24 bits per heavy atom. The van der Waals surface area contributed by atoms with E-state index in [0.29, 0.717) is 0 Å². The van der Waals surface area contributed by atoms with E-state index < -0.39 is 5.97 Å². The molecule has 92 valence electrons. The molecular formula is C14H17FO2. The van der Waals surface area contributed by atoms with Crippen molar-refractivity contribution in [3.05, 3.63) is 35.1 Å². The molecule has 1 aliphatic rings. The molecule has 1 saturated carbocycles. The zero-order valence-electron chi connectivity index (χ0n) is 9.95. The van der Waals surface area contributed by atoms with E-state index in [0.717, 1.165) is 36.8 Å². The Morgan fingerprint density at radius 1 is 1.47 bits per heavy atom. The topological polar surface area (TPSA) is 37.3 Å². The predicted molar refractivity (Wildman–Crippen MR) is 63.3 cm³/mol. The molecular weight excluding hydrogens is 219 g/mol. The van der Waals surface area contributed by atoms with E-state index in [1.807, 2.05) is 6.92 Å². The number of carboxylic acid groups (broad SMARTS) is 1. The zero-order valence-corrected chi connectivity index (χ0v) is 9.95. The fourth-order valence-electron chi connectivity index (χ4n) is 2.78. The molecule has 0 heterocycles. The third kappa shape index (κ3) is 2.65. The first-order valence-corrected chi connectivity index (χ1v) is 6.06. The van der Waals surface area contributed by atoms with Crippen molar-refractivity contribution >= 4 is 5.97 Å². The van der Waals surface area contributed by atoms with Crippen molar-refractivity contribution < 1.29 is 14.3 Å². The summed E-state index contributed by atoms with van der Waals surface area (Å²) in [6.07, 6.45) is 3.49. The van der Waals surface area contributed by atoms with Crippen molar-refractivity contribution in [1.29, 1.82) is 0 Å². The molecule has 0 amide bonds. The van der Waals surface area contributed by atoms with Crippen LogP contribution in [0.2, 0.25) is 0 Å². The highest BCUT2D eigenvalue weighted by atomic mass is 19.1. The number of aryl methyl sites for hydroxylation is 1. The third-order valence-corrected chi connectivity index (χ3v) is 3.76. The SMILES string of the molecule is Cc1cc(F)ccc1CC1CCCC1C(=O)O. The fraction of sp³-hybridized carbons (Fsp3) is 0.500. The van der Waals surface area contributed by atoms with Gasteiger partial charge < -0.3 is 5.11 Å². The summed E-state index contributed by atoms with van der Waals surface area (Å²) in [5.74, 6) is -0.934. The van der Waals surface area contributed by atoms with E-state index in [1.165, 1.54) is 12.1 Å². The molecule has 0 saturated heterocycles. The first kappa shape index (κ1) is 12.1. The van der Waals surface area contributed by atoms with Crippen LogP contribution in [0, 0.1) is 24.6 Å². The van der Waals surface area contributed by atoms with Crippen LogP contribution >= 0.6 is 0 Å². The van der Waals surface area contributed by atoms with Crippen LogP contribution in [0.4, 0.5) is 4.39 Å². The van der Waals surface area contributed by atoms with Crippen LogP contribution in [0.25, 0.3) is 0 Å². The van der Waals surface area contributed by atoms with E-state index in [4.69, 9.17) is 5.11 Å². The van der Waals surface area contributed by atoms with Crippen molar-refractivity contribution in [2.24, 2.45) is 11.8 Å². The summed E-state index contributed by atoms with van der Waals surface area (Å²) < 4.78 is 13.0. The van der Waals surface area contributed by atoms with Crippen molar-refractivity contribution in [1.82, 2.24) is 0 Å². The van der Waals surface area contributed by atoms with Crippen LogP contribution in [0.15, 0.2) is 18.2 Å². The monoisotopic (exact) mass is 236 g/mol. The Labute approximate surface area is 100 Å². The Hall–Kier alpha value is -1.38. The van der Waals surface area contributed by atoms with Gasteiger partial charge in [0.05, 0.1) is 5.92 Å². The summed E-state index contributed by atoms with van der Waals surface area (Å²) in [4.78, 5) is 11.1. The average Bonchev–Trinajstić information content (AvgIpc) is 2.70. The van der Waals surface area contributed by atoms with Gasteiger partial charge in [-0.15, -0.1) is 0 Å². The number of carboxylic acids is 1. The van der Waals surface area contributed by atoms with Crippen LogP contribution in [-0.2, 0) is 11.2 Å². The zero-order chi connectivity index (χ0) is 12.4. The van der Waals surface area contributed by atoms with E-state index in [1.54, 1.807) is 6.07 Å². The van der Waals surface area contributed by atoms with Crippen molar-refractivity contribution in [3.63, 3.8) is 0 Å². The molecule has 2 nitrogen and oxygen atoms in total. The highest BCUT2D eigenvalue weighted by Gasteiger charge is 2.32. The van der Waals surface area contributed by atoms with Crippen LogP contribution < -0.4 is 0 Å². The molecule has 0 bridgehead atoms. The van der Waals surface area contributed by atoms with E-state index in [9.17, 15) is 9.18 Å². The molecule has 1 aromatic rings. The number of hydrogen-bond acceptors (Lipinski definition) is 1. The maximum atomic E-state index is 13.0. The molecule has 17 heavy (non-hydrogen) atoms. The molecule has 2 atom stereocenters. The average molecular weight is 236 g/mol. The van der Waals surface area contributed by atoms with Crippen LogP contribution in [0.5, 0.6) is 0 Å². The van der Waals surface area contributed by atoms with Gasteiger partial charge in [0, 0.05) is 0 Å². The van der Waals surface area contributed by atoms with Gasteiger partial charge >= 0.3 is 5.97 Å². The van der Waals surface area contributed by atoms with Crippen LogP contribution in [0.3, 0.4) is 0 Å². The number of carbonyl (C=O) groups is 1. The van der Waals surface area contributed by atoms with Crippen LogP contribution in [0.1, 0.15) is 30.4 Å². The number of rotatable bonds is 3. The summed E-state index contributed by atoms with van der Waals surface area (Å²) in [5.41, 5.74) is 1.99. The second-order valence-corrected chi connectivity index (χ2v) is 4.91. The second-order valence-electron chi connectivity index (χ2n) is 4.91. The lowest BCUT2D eigenvalue weighted by Crippen LogP contribution is -2.20. The van der Waals surface area contributed by atoms with Crippen molar-refractivity contribution in [2.45, 2.75) is 32.6 Å². The summed E-state index contributed by atoms with van der Waals surface area (Å²) in [7, 11) is 0. The predicted octanol–water partition coefficient (Wildman–Crippen LogP) is 3.18. The Morgan fingerprint density at radius 3 is 2.88 bits per heavy atom. The second kappa shape index (κ2) is 4.86. The normalized spacial score (nSPS) is 23.9. The minimum absolute atomic E-state index is 0.205. The molecule has 2 unspecified atom stereocenters. The number of halogens is 1. The Balaban J connectivity index is 2.12. The standard InChI is InChI=1S/C14H17FO2/c1-9-7-12(15)6-5-10(9)8-11-3-2-4-13(11)14(16)17/h5-7,11,13H,2-4,8H2,1H3,(H,16,17). The van der Waals surface area contributed by atoms with Gasteiger partial charge in [-0.2, -0.15) is 0 Å². The first-order chi connectivity index (χ1) is 8.08. The van der Waals surface area contributed by atoms with Gasteiger partial charge in [0.2, 0.25) is 0 Å². The van der Waals surface area contributed by atoms with E-state index in [-0.39, 0.29) is 17.7 Å². The van der Waals surface area contributed by atoms with E-state index >= 15 is 0 Å². The largest absolute Gasteiger partial charge is 0.481 e. The van der Waals surface area contributed by atoms with E-state index in [2.05, 4.69) is 0 Å². The summed E-state index contributed by atoms with van der Waals surface area (Å²) >= 11 is 0.